The molecule has 0 aliphatic rings. The molecule has 0 saturated heterocycles. The lowest BCUT2D eigenvalue weighted by atomic mass is 10.1. The number of ether oxygens (including phenoxy) is 2. The molecule has 134 valence electrons. The molecule has 2 heterocycles. The number of nitriles is 1. The van der Waals surface area contributed by atoms with Crippen molar-refractivity contribution in [2.45, 2.75) is 0 Å². The molecule has 0 bridgehead atoms. The van der Waals surface area contributed by atoms with Crippen molar-refractivity contribution < 1.29 is 18.3 Å². The molecular weight excluding hydrogens is 374 g/mol. The number of hydrogen-bond donors (Lipinski definition) is 0. The molecule has 0 radical (unpaired) electrons. The zero-order chi connectivity index (χ0) is 19.1. The molecule has 0 amide bonds. The molecular formula is C18H10F2N4O2S. The number of hydrogen-bond acceptors (Lipinski definition) is 7. The van der Waals surface area contributed by atoms with Gasteiger partial charge in [0.15, 0.2) is 11.6 Å². The van der Waals surface area contributed by atoms with Crippen LogP contribution in [0.5, 0.6) is 11.6 Å². The van der Waals surface area contributed by atoms with Crippen LogP contribution in [0.4, 0.5) is 8.78 Å². The third-order valence-corrected chi connectivity index (χ3v) is 4.98. The Morgan fingerprint density at radius 1 is 1.04 bits per heavy atom. The van der Waals surface area contributed by atoms with E-state index in [2.05, 4.69) is 21.0 Å². The summed E-state index contributed by atoms with van der Waals surface area (Å²) in [6.07, 6.45) is 1.44. The second-order valence-electron chi connectivity index (χ2n) is 5.49. The number of rotatable bonds is 3. The Labute approximate surface area is 155 Å². The summed E-state index contributed by atoms with van der Waals surface area (Å²) in [5.41, 5.74) is 1.64. The Morgan fingerprint density at radius 2 is 1.85 bits per heavy atom. The summed E-state index contributed by atoms with van der Waals surface area (Å²) in [7, 11) is 2.72. The molecule has 27 heavy (non-hydrogen) atoms. The molecule has 4 rings (SSSR count). The van der Waals surface area contributed by atoms with Crippen LogP contribution in [0.3, 0.4) is 0 Å². The van der Waals surface area contributed by atoms with Gasteiger partial charge in [0.1, 0.15) is 10.5 Å². The SMILES string of the molecule is COc1cnc2c(-c3nc4c(F)c(F)c(OC)cc4s3)cc(C#N)cc2n1. The van der Waals surface area contributed by atoms with Gasteiger partial charge < -0.3 is 9.47 Å². The number of benzene rings is 2. The van der Waals surface area contributed by atoms with Gasteiger partial charge in [0.25, 0.3) is 0 Å². The van der Waals surface area contributed by atoms with Crippen LogP contribution in [0.25, 0.3) is 31.8 Å². The fourth-order valence-corrected chi connectivity index (χ4v) is 3.69. The monoisotopic (exact) mass is 384 g/mol. The highest BCUT2D eigenvalue weighted by atomic mass is 32.1. The van der Waals surface area contributed by atoms with Crippen LogP contribution in [0.2, 0.25) is 0 Å². The number of aromatic nitrogens is 3. The van der Waals surface area contributed by atoms with E-state index in [0.717, 1.165) is 11.3 Å². The Bertz CT molecular complexity index is 1250. The smallest absolute Gasteiger partial charge is 0.232 e. The largest absolute Gasteiger partial charge is 0.494 e. The van der Waals surface area contributed by atoms with Crippen LogP contribution >= 0.6 is 11.3 Å². The minimum Gasteiger partial charge on any atom is -0.494 e. The quantitative estimate of drug-likeness (QED) is 0.530. The maximum Gasteiger partial charge on any atom is 0.232 e. The first-order valence-corrected chi connectivity index (χ1v) is 8.45. The normalized spacial score (nSPS) is 10.9. The van der Waals surface area contributed by atoms with Crippen molar-refractivity contribution in [3.05, 3.63) is 41.6 Å². The molecule has 0 saturated carbocycles. The summed E-state index contributed by atoms with van der Waals surface area (Å²) in [4.78, 5) is 12.8. The van der Waals surface area contributed by atoms with E-state index in [0.29, 0.717) is 37.7 Å². The van der Waals surface area contributed by atoms with Gasteiger partial charge in [0.05, 0.1) is 47.8 Å². The van der Waals surface area contributed by atoms with Crippen LogP contribution in [0, 0.1) is 23.0 Å². The van der Waals surface area contributed by atoms with E-state index >= 15 is 0 Å². The topological polar surface area (TPSA) is 80.9 Å². The minimum atomic E-state index is -1.10. The number of thiazole rings is 1. The number of methoxy groups -OCH3 is 2. The zero-order valence-electron chi connectivity index (χ0n) is 14.1. The molecule has 0 atom stereocenters. The van der Waals surface area contributed by atoms with Gasteiger partial charge in [-0.2, -0.15) is 9.65 Å². The molecule has 0 fully saturated rings. The second kappa shape index (κ2) is 6.41. The van der Waals surface area contributed by atoms with Crippen molar-refractivity contribution in [3.8, 4) is 28.3 Å². The van der Waals surface area contributed by atoms with Crippen molar-refractivity contribution in [2.24, 2.45) is 0 Å². The Balaban J connectivity index is 2.02. The Kier molecular flexibility index (Phi) is 4.05. The molecule has 2 aromatic carbocycles. The lowest BCUT2D eigenvalue weighted by Gasteiger charge is -2.05. The summed E-state index contributed by atoms with van der Waals surface area (Å²) < 4.78 is 38.7. The number of fused-ring (bicyclic) bond motifs is 2. The van der Waals surface area contributed by atoms with Crippen molar-refractivity contribution in [3.63, 3.8) is 0 Å². The average molecular weight is 384 g/mol. The van der Waals surface area contributed by atoms with Gasteiger partial charge in [-0.1, -0.05) is 0 Å². The van der Waals surface area contributed by atoms with E-state index in [1.54, 1.807) is 12.1 Å². The van der Waals surface area contributed by atoms with Crippen LogP contribution in [-0.2, 0) is 0 Å². The molecule has 0 spiro atoms. The minimum absolute atomic E-state index is 0.106. The molecule has 0 unspecified atom stereocenters. The molecule has 9 heteroatoms. The Hall–Kier alpha value is -3.38. The van der Waals surface area contributed by atoms with Gasteiger partial charge in [-0.15, -0.1) is 11.3 Å². The van der Waals surface area contributed by atoms with E-state index in [9.17, 15) is 14.0 Å². The highest BCUT2D eigenvalue weighted by Crippen LogP contribution is 2.38. The first kappa shape index (κ1) is 17.1. The predicted octanol–water partition coefficient (Wildman–Crippen LogP) is 4.07. The third kappa shape index (κ3) is 2.71. The molecule has 6 nitrogen and oxygen atoms in total. The lowest BCUT2D eigenvalue weighted by molar-refractivity contribution is 0.374. The fourth-order valence-electron chi connectivity index (χ4n) is 2.68. The summed E-state index contributed by atoms with van der Waals surface area (Å²) in [5, 5.41) is 9.70. The first-order valence-electron chi connectivity index (χ1n) is 7.63. The molecule has 0 aliphatic carbocycles. The van der Waals surface area contributed by atoms with Gasteiger partial charge in [-0.3, -0.25) is 0 Å². The summed E-state index contributed by atoms with van der Waals surface area (Å²) in [6, 6.07) is 6.61. The van der Waals surface area contributed by atoms with Crippen molar-refractivity contribution in [2.75, 3.05) is 14.2 Å². The average Bonchev–Trinajstić information content (AvgIpc) is 3.13. The lowest BCUT2D eigenvalue weighted by Crippen LogP contribution is -1.94. The van der Waals surface area contributed by atoms with Crippen LogP contribution in [-0.4, -0.2) is 29.2 Å². The van der Waals surface area contributed by atoms with Crippen molar-refractivity contribution in [1.29, 1.82) is 5.26 Å². The molecule has 0 aliphatic heterocycles. The zero-order valence-corrected chi connectivity index (χ0v) is 14.9. The van der Waals surface area contributed by atoms with Crippen LogP contribution in [0.1, 0.15) is 5.56 Å². The third-order valence-electron chi connectivity index (χ3n) is 3.95. The molecule has 2 aromatic heterocycles. The van der Waals surface area contributed by atoms with E-state index in [1.807, 2.05) is 0 Å². The van der Waals surface area contributed by atoms with Crippen LogP contribution < -0.4 is 9.47 Å². The van der Waals surface area contributed by atoms with Crippen LogP contribution in [0.15, 0.2) is 24.4 Å². The van der Waals surface area contributed by atoms with Gasteiger partial charge in [-0.25, -0.2) is 19.3 Å². The molecule has 0 N–H and O–H groups in total. The van der Waals surface area contributed by atoms with Gasteiger partial charge in [0, 0.05) is 11.6 Å². The maximum absolute atomic E-state index is 14.3. The predicted molar refractivity (Wildman–Crippen MR) is 95.9 cm³/mol. The summed E-state index contributed by atoms with van der Waals surface area (Å²) in [5.74, 6) is -2.08. The summed E-state index contributed by atoms with van der Waals surface area (Å²) in [6.45, 7) is 0. The second-order valence-corrected chi connectivity index (χ2v) is 6.52. The maximum atomic E-state index is 14.3. The fraction of sp³-hybridized carbons (Fsp3) is 0.111. The van der Waals surface area contributed by atoms with E-state index < -0.39 is 11.6 Å². The highest BCUT2D eigenvalue weighted by Gasteiger charge is 2.20. The van der Waals surface area contributed by atoms with Gasteiger partial charge in [0.2, 0.25) is 11.7 Å². The van der Waals surface area contributed by atoms with Gasteiger partial charge in [-0.05, 0) is 12.1 Å². The van der Waals surface area contributed by atoms with Crippen molar-refractivity contribution >= 4 is 32.6 Å². The highest BCUT2D eigenvalue weighted by molar-refractivity contribution is 7.21. The van der Waals surface area contributed by atoms with E-state index in [1.165, 1.54) is 26.5 Å². The number of halogens is 2. The van der Waals surface area contributed by atoms with E-state index in [4.69, 9.17) is 9.47 Å². The standard InChI is InChI=1S/C18H10F2N4O2S/c1-25-11-5-12-17(15(20)14(11)19)24-18(27-12)9-3-8(6-21)4-10-16(9)22-7-13(23-10)26-2/h3-5,7H,1-2H3. The van der Waals surface area contributed by atoms with Crippen molar-refractivity contribution in [1.82, 2.24) is 15.0 Å². The van der Waals surface area contributed by atoms with Gasteiger partial charge >= 0.3 is 0 Å². The molecule has 4 aromatic rings. The Morgan fingerprint density at radius 3 is 2.56 bits per heavy atom. The first-order chi connectivity index (χ1) is 13.0. The number of nitrogens with zero attached hydrogens (tertiary/aromatic N) is 4. The van der Waals surface area contributed by atoms with E-state index in [-0.39, 0.29) is 11.3 Å². The summed E-state index contributed by atoms with van der Waals surface area (Å²) >= 11 is 1.14.